The fraction of sp³-hybridized carbons (Fsp3) is 0.550. The number of nitrogens with zero attached hydrogens (tertiary/aromatic N) is 3. The lowest BCUT2D eigenvalue weighted by Gasteiger charge is -2.22. The quantitative estimate of drug-likeness (QED) is 0.635. The minimum Gasteiger partial charge on any atom is -0.446 e. The summed E-state index contributed by atoms with van der Waals surface area (Å²) in [7, 11) is 0. The van der Waals surface area contributed by atoms with E-state index in [-0.39, 0.29) is 29.7 Å². The molecule has 3 N–H and O–H groups in total. The van der Waals surface area contributed by atoms with Crippen LogP contribution in [0.3, 0.4) is 0 Å². The van der Waals surface area contributed by atoms with Crippen molar-refractivity contribution in [1.82, 2.24) is 25.5 Å². The molecule has 9 nitrogen and oxygen atoms in total. The first-order valence-corrected chi connectivity index (χ1v) is 10.1. The summed E-state index contributed by atoms with van der Waals surface area (Å²) in [5.74, 6) is -0.0929. The standard InChI is InChI=1S/C20H25F3N6O3/c1-19(2,3)27-18(31)32-13-5-4-11(6-13)14-8-16(29-28-14)26-17(30)7-12-9-25-15(10-24-12)20(21,22)23/h8-11,13H,4-7H2,1-3H3,(H,27,31)(H2,26,28,29,30). The first kappa shape index (κ1) is 23.5. The Morgan fingerprint density at radius 1 is 1.19 bits per heavy atom. The number of ether oxygens (including phenoxy) is 1. The molecule has 12 heteroatoms. The third-order valence-electron chi connectivity index (χ3n) is 4.78. The van der Waals surface area contributed by atoms with E-state index in [9.17, 15) is 22.8 Å². The van der Waals surface area contributed by atoms with Crippen LogP contribution in [0.4, 0.5) is 23.8 Å². The third kappa shape index (κ3) is 6.66. The van der Waals surface area contributed by atoms with Crippen molar-refractivity contribution in [3.05, 3.63) is 35.5 Å². The summed E-state index contributed by atoms with van der Waals surface area (Å²) in [6.07, 6.45) is -1.82. The van der Waals surface area contributed by atoms with Gasteiger partial charge in [0.15, 0.2) is 11.5 Å². The number of aromatic amines is 1. The second-order valence-corrected chi connectivity index (χ2v) is 8.74. The maximum Gasteiger partial charge on any atom is 0.434 e. The summed E-state index contributed by atoms with van der Waals surface area (Å²) in [6.45, 7) is 5.61. The summed E-state index contributed by atoms with van der Waals surface area (Å²) in [5.41, 5.74) is -0.585. The number of hydrogen-bond donors (Lipinski definition) is 3. The zero-order chi connectivity index (χ0) is 23.5. The van der Waals surface area contributed by atoms with Gasteiger partial charge < -0.3 is 15.4 Å². The van der Waals surface area contributed by atoms with Crippen molar-refractivity contribution in [2.45, 2.75) is 70.2 Å². The summed E-state index contributed by atoms with van der Waals surface area (Å²) in [5, 5.41) is 12.3. The average Bonchev–Trinajstić information content (AvgIpc) is 3.29. The van der Waals surface area contributed by atoms with Crippen LogP contribution in [0, 0.1) is 0 Å². The largest absolute Gasteiger partial charge is 0.446 e. The van der Waals surface area contributed by atoms with Gasteiger partial charge in [0.1, 0.15) is 6.10 Å². The lowest BCUT2D eigenvalue weighted by atomic mass is 10.0. The molecule has 2 aromatic rings. The number of hydrogen-bond acceptors (Lipinski definition) is 6. The molecule has 3 rings (SSSR count). The van der Waals surface area contributed by atoms with Crippen LogP contribution in [0.5, 0.6) is 0 Å². The number of nitrogens with one attached hydrogen (secondary N) is 3. The maximum atomic E-state index is 12.5. The zero-order valence-electron chi connectivity index (χ0n) is 17.9. The van der Waals surface area contributed by atoms with Gasteiger partial charge in [-0.1, -0.05) is 0 Å². The Kier molecular flexibility index (Phi) is 6.70. The first-order valence-electron chi connectivity index (χ1n) is 10.1. The van der Waals surface area contributed by atoms with Gasteiger partial charge in [0, 0.05) is 29.4 Å². The fourth-order valence-electron chi connectivity index (χ4n) is 3.37. The van der Waals surface area contributed by atoms with Crippen molar-refractivity contribution >= 4 is 17.8 Å². The molecule has 0 radical (unpaired) electrons. The van der Waals surface area contributed by atoms with Gasteiger partial charge in [-0.2, -0.15) is 18.3 Å². The normalized spacial score (nSPS) is 18.9. The highest BCUT2D eigenvalue weighted by Gasteiger charge is 2.33. The molecule has 2 heterocycles. The van der Waals surface area contributed by atoms with E-state index in [1.165, 1.54) is 0 Å². The molecule has 1 saturated carbocycles. The molecular weight excluding hydrogens is 429 g/mol. The number of aromatic nitrogens is 4. The zero-order valence-corrected chi connectivity index (χ0v) is 17.9. The van der Waals surface area contributed by atoms with Crippen LogP contribution in [0.1, 0.15) is 63.0 Å². The highest BCUT2D eigenvalue weighted by Crippen LogP contribution is 2.36. The van der Waals surface area contributed by atoms with Crippen molar-refractivity contribution in [3.8, 4) is 0 Å². The molecule has 0 aliphatic heterocycles. The van der Waals surface area contributed by atoms with Crippen LogP contribution in [0.25, 0.3) is 0 Å². The lowest BCUT2D eigenvalue weighted by molar-refractivity contribution is -0.141. The maximum absolute atomic E-state index is 12.5. The smallest absolute Gasteiger partial charge is 0.434 e. The second-order valence-electron chi connectivity index (χ2n) is 8.74. The summed E-state index contributed by atoms with van der Waals surface area (Å²) in [6, 6.07) is 1.69. The van der Waals surface area contributed by atoms with Gasteiger partial charge in [0.25, 0.3) is 0 Å². The number of carbonyl (C=O) groups is 2. The summed E-state index contributed by atoms with van der Waals surface area (Å²) < 4.78 is 43.1. The van der Waals surface area contributed by atoms with Crippen molar-refractivity contribution in [3.63, 3.8) is 0 Å². The lowest BCUT2D eigenvalue weighted by Crippen LogP contribution is -2.42. The number of rotatable bonds is 5. The monoisotopic (exact) mass is 454 g/mol. The predicted molar refractivity (Wildman–Crippen MR) is 108 cm³/mol. The van der Waals surface area contributed by atoms with E-state index in [1.807, 2.05) is 20.8 Å². The number of alkyl carbamates (subject to hydrolysis) is 1. The molecule has 1 aliphatic carbocycles. The molecule has 0 spiro atoms. The van der Waals surface area contributed by atoms with Crippen LogP contribution in [-0.2, 0) is 22.1 Å². The number of amides is 2. The molecule has 2 aromatic heterocycles. The Hall–Kier alpha value is -3.18. The highest BCUT2D eigenvalue weighted by molar-refractivity contribution is 5.91. The van der Waals surface area contributed by atoms with Crippen LogP contribution >= 0.6 is 0 Å². The van der Waals surface area contributed by atoms with Crippen molar-refractivity contribution in [1.29, 1.82) is 0 Å². The van der Waals surface area contributed by atoms with Crippen molar-refractivity contribution in [2.75, 3.05) is 5.32 Å². The Balaban J connectivity index is 1.49. The molecule has 0 bridgehead atoms. The Morgan fingerprint density at radius 3 is 2.56 bits per heavy atom. The van der Waals surface area contributed by atoms with E-state index < -0.39 is 23.9 Å². The van der Waals surface area contributed by atoms with Gasteiger partial charge in [-0.15, -0.1) is 0 Å². The van der Waals surface area contributed by atoms with E-state index in [0.29, 0.717) is 18.4 Å². The highest BCUT2D eigenvalue weighted by atomic mass is 19.4. The molecular formula is C20H25F3N6O3. The van der Waals surface area contributed by atoms with E-state index in [0.717, 1.165) is 24.7 Å². The average molecular weight is 454 g/mol. The summed E-state index contributed by atoms with van der Waals surface area (Å²) in [4.78, 5) is 31.0. The molecule has 0 aromatic carbocycles. The topological polar surface area (TPSA) is 122 Å². The Bertz CT molecular complexity index is 953. The molecule has 1 aliphatic rings. The van der Waals surface area contributed by atoms with Gasteiger partial charge in [-0.05, 0) is 40.0 Å². The van der Waals surface area contributed by atoms with Gasteiger partial charge >= 0.3 is 12.3 Å². The van der Waals surface area contributed by atoms with Gasteiger partial charge in [-0.25, -0.2) is 9.78 Å². The number of H-pyrrole nitrogens is 1. The minimum absolute atomic E-state index is 0.0985. The van der Waals surface area contributed by atoms with Crippen LogP contribution < -0.4 is 10.6 Å². The number of carbonyl (C=O) groups excluding carboxylic acids is 2. The molecule has 2 amide bonds. The van der Waals surface area contributed by atoms with E-state index in [1.54, 1.807) is 6.07 Å². The Labute approximate surface area is 182 Å². The van der Waals surface area contributed by atoms with Crippen LogP contribution in [0.15, 0.2) is 18.5 Å². The molecule has 2 atom stereocenters. The van der Waals surface area contributed by atoms with E-state index in [4.69, 9.17) is 4.74 Å². The Morgan fingerprint density at radius 2 is 1.94 bits per heavy atom. The van der Waals surface area contributed by atoms with Gasteiger partial charge in [-0.3, -0.25) is 14.9 Å². The molecule has 0 saturated heterocycles. The number of alkyl halides is 3. The van der Waals surface area contributed by atoms with Crippen molar-refractivity contribution < 1.29 is 27.5 Å². The predicted octanol–water partition coefficient (Wildman–Crippen LogP) is 3.56. The minimum atomic E-state index is -4.58. The summed E-state index contributed by atoms with van der Waals surface area (Å²) >= 11 is 0. The van der Waals surface area contributed by atoms with Crippen LogP contribution in [-0.4, -0.2) is 43.8 Å². The van der Waals surface area contributed by atoms with Crippen molar-refractivity contribution in [2.24, 2.45) is 0 Å². The third-order valence-corrected chi connectivity index (χ3v) is 4.78. The van der Waals surface area contributed by atoms with E-state index >= 15 is 0 Å². The number of anilines is 1. The van der Waals surface area contributed by atoms with Crippen LogP contribution in [0.2, 0.25) is 0 Å². The molecule has 174 valence electrons. The number of halogens is 3. The van der Waals surface area contributed by atoms with E-state index in [2.05, 4.69) is 30.8 Å². The second kappa shape index (κ2) is 9.13. The molecule has 1 fully saturated rings. The first-order chi connectivity index (χ1) is 14.9. The fourth-order valence-corrected chi connectivity index (χ4v) is 3.37. The molecule has 32 heavy (non-hydrogen) atoms. The van der Waals surface area contributed by atoms with Gasteiger partial charge in [0.2, 0.25) is 5.91 Å². The molecule has 2 unspecified atom stereocenters. The SMILES string of the molecule is CC(C)(C)NC(=O)OC1CCC(c2cc(NC(=O)Cc3cnc(C(F)(F)F)cn3)n[nH]2)C1. The van der Waals surface area contributed by atoms with Gasteiger partial charge in [0.05, 0.1) is 18.3 Å².